The Hall–Kier alpha value is -2.97. The van der Waals surface area contributed by atoms with Gasteiger partial charge < -0.3 is 14.5 Å². The van der Waals surface area contributed by atoms with E-state index in [1.54, 1.807) is 17.9 Å². The quantitative estimate of drug-likeness (QED) is 0.567. The zero-order chi connectivity index (χ0) is 19.1. The molecule has 1 aliphatic rings. The van der Waals surface area contributed by atoms with Gasteiger partial charge in [0.2, 0.25) is 0 Å². The van der Waals surface area contributed by atoms with Gasteiger partial charge in [-0.2, -0.15) is 0 Å². The molecule has 0 spiro atoms. The van der Waals surface area contributed by atoms with E-state index in [0.29, 0.717) is 25.4 Å². The highest BCUT2D eigenvalue weighted by atomic mass is 16.5. The summed E-state index contributed by atoms with van der Waals surface area (Å²) in [5, 5.41) is 1.04. The largest absolute Gasteiger partial charge is 0.379 e. The Morgan fingerprint density at radius 2 is 2.04 bits per heavy atom. The molecule has 0 aromatic carbocycles. The van der Waals surface area contributed by atoms with E-state index in [1.807, 2.05) is 24.5 Å². The fourth-order valence-corrected chi connectivity index (χ4v) is 3.89. The van der Waals surface area contributed by atoms with E-state index < -0.39 is 0 Å². The number of aromatic amines is 2. The molecule has 8 heteroatoms. The lowest BCUT2D eigenvalue weighted by Crippen LogP contribution is -2.34. The van der Waals surface area contributed by atoms with Crippen LogP contribution in [0.25, 0.3) is 33.3 Å². The normalized spacial score (nSPS) is 20.2. The van der Waals surface area contributed by atoms with Gasteiger partial charge in [0, 0.05) is 54.7 Å². The number of nitrogens with zero attached hydrogens (tertiary/aromatic N) is 3. The summed E-state index contributed by atoms with van der Waals surface area (Å²) in [5.74, 6) is 0.219. The molecule has 5 heterocycles. The lowest BCUT2D eigenvalue weighted by molar-refractivity contribution is -0.0586. The maximum atomic E-state index is 12.5. The van der Waals surface area contributed by atoms with E-state index >= 15 is 0 Å². The molecule has 0 aliphatic carbocycles. The van der Waals surface area contributed by atoms with Crippen molar-refractivity contribution in [3.05, 3.63) is 47.3 Å². The lowest BCUT2D eigenvalue weighted by Gasteiger charge is -2.28. The van der Waals surface area contributed by atoms with Crippen LogP contribution in [-0.4, -0.2) is 50.9 Å². The first kappa shape index (κ1) is 17.2. The molecule has 1 aliphatic heterocycles. The average Bonchev–Trinajstić information content (AvgIpc) is 3.31. The maximum absolute atomic E-state index is 12.5. The number of nitrogens with one attached hydrogen (secondary N) is 2. The van der Waals surface area contributed by atoms with Crippen LogP contribution in [0.5, 0.6) is 0 Å². The van der Waals surface area contributed by atoms with Gasteiger partial charge in [0.15, 0.2) is 5.65 Å². The van der Waals surface area contributed by atoms with Gasteiger partial charge in [-0.25, -0.2) is 14.8 Å². The maximum Gasteiger partial charge on any atom is 0.327 e. The number of methoxy groups -OCH3 is 1. The van der Waals surface area contributed by atoms with Crippen molar-refractivity contribution < 1.29 is 9.47 Å². The SMILES string of the molecule is COC1COCC(Cn2c(=O)[nH]c3ncc(-c4cnc5[nH]ccc5c4)cc32)C1. The Balaban J connectivity index is 1.52. The smallest absolute Gasteiger partial charge is 0.327 e. The summed E-state index contributed by atoms with van der Waals surface area (Å²) in [5.41, 5.74) is 3.95. The van der Waals surface area contributed by atoms with Crippen LogP contribution in [-0.2, 0) is 16.0 Å². The molecule has 2 atom stereocenters. The minimum absolute atomic E-state index is 0.0764. The number of hydrogen-bond acceptors (Lipinski definition) is 5. The highest BCUT2D eigenvalue weighted by Gasteiger charge is 2.24. The van der Waals surface area contributed by atoms with Crippen LogP contribution in [0, 0.1) is 5.92 Å². The highest BCUT2D eigenvalue weighted by Crippen LogP contribution is 2.25. The van der Waals surface area contributed by atoms with Crippen LogP contribution in [0.4, 0.5) is 0 Å². The first-order chi connectivity index (χ1) is 13.7. The summed E-state index contributed by atoms with van der Waals surface area (Å²) in [6.07, 6.45) is 6.40. The molecule has 2 unspecified atom stereocenters. The summed E-state index contributed by atoms with van der Waals surface area (Å²) < 4.78 is 12.8. The third-order valence-electron chi connectivity index (χ3n) is 5.39. The second-order valence-corrected chi connectivity index (χ2v) is 7.27. The van der Waals surface area contributed by atoms with Gasteiger partial charge in [0.1, 0.15) is 5.65 Å². The summed E-state index contributed by atoms with van der Waals surface area (Å²) in [7, 11) is 1.69. The van der Waals surface area contributed by atoms with Crippen LogP contribution < -0.4 is 5.69 Å². The second-order valence-electron chi connectivity index (χ2n) is 7.27. The lowest BCUT2D eigenvalue weighted by atomic mass is 10.00. The molecule has 0 radical (unpaired) electrons. The number of rotatable bonds is 4. The van der Waals surface area contributed by atoms with Gasteiger partial charge in [0.25, 0.3) is 0 Å². The summed E-state index contributed by atoms with van der Waals surface area (Å²) in [6, 6.07) is 6.04. The van der Waals surface area contributed by atoms with Gasteiger partial charge in [-0.15, -0.1) is 0 Å². The number of imidazole rings is 1. The van der Waals surface area contributed by atoms with Gasteiger partial charge in [-0.1, -0.05) is 0 Å². The zero-order valence-electron chi connectivity index (χ0n) is 15.5. The zero-order valence-corrected chi connectivity index (χ0v) is 15.5. The molecule has 1 saturated heterocycles. The standard InChI is InChI=1S/C20H21N5O3/c1-27-16-4-12(10-28-11-16)9-25-17-6-15(8-23-19(17)24-20(25)26)14-5-13-2-3-21-18(13)22-7-14/h2-3,5-8,12,16H,4,9-11H2,1H3,(H,21,22)(H,23,24,26). The fourth-order valence-electron chi connectivity index (χ4n) is 3.89. The van der Waals surface area contributed by atoms with E-state index in [9.17, 15) is 4.79 Å². The van der Waals surface area contributed by atoms with Crippen LogP contribution in [0.15, 0.2) is 41.6 Å². The van der Waals surface area contributed by atoms with Crippen molar-refractivity contribution >= 4 is 22.2 Å². The number of ether oxygens (including phenoxy) is 2. The summed E-state index contributed by atoms with van der Waals surface area (Å²) in [4.78, 5) is 27.4. The van der Waals surface area contributed by atoms with Gasteiger partial charge in [0.05, 0.1) is 24.8 Å². The third-order valence-corrected chi connectivity index (χ3v) is 5.39. The molecule has 2 N–H and O–H groups in total. The Morgan fingerprint density at radius 3 is 2.89 bits per heavy atom. The molecule has 8 nitrogen and oxygen atoms in total. The van der Waals surface area contributed by atoms with Crippen LogP contribution in [0.3, 0.4) is 0 Å². The van der Waals surface area contributed by atoms with Crippen LogP contribution in [0.2, 0.25) is 0 Å². The molecular weight excluding hydrogens is 358 g/mol. The molecule has 0 saturated carbocycles. The predicted octanol–water partition coefficient (Wildman–Crippen LogP) is 2.32. The highest BCUT2D eigenvalue weighted by molar-refractivity contribution is 5.84. The minimum atomic E-state index is -0.154. The van der Waals surface area contributed by atoms with Crippen molar-refractivity contribution in [1.29, 1.82) is 0 Å². The van der Waals surface area contributed by atoms with Crippen LogP contribution >= 0.6 is 0 Å². The number of aromatic nitrogens is 5. The van der Waals surface area contributed by atoms with Crippen LogP contribution in [0.1, 0.15) is 6.42 Å². The van der Waals surface area contributed by atoms with E-state index in [2.05, 4.69) is 26.0 Å². The fraction of sp³-hybridized carbons (Fsp3) is 0.350. The van der Waals surface area contributed by atoms with E-state index in [-0.39, 0.29) is 17.7 Å². The number of pyridine rings is 2. The number of hydrogen-bond donors (Lipinski definition) is 2. The molecule has 28 heavy (non-hydrogen) atoms. The summed E-state index contributed by atoms with van der Waals surface area (Å²) in [6.45, 7) is 1.80. The topological polar surface area (TPSA) is 97.8 Å². The second kappa shape index (κ2) is 6.88. The first-order valence-corrected chi connectivity index (χ1v) is 9.34. The van der Waals surface area contributed by atoms with Crippen molar-refractivity contribution in [3.63, 3.8) is 0 Å². The average molecular weight is 379 g/mol. The Kier molecular flexibility index (Phi) is 4.22. The first-order valence-electron chi connectivity index (χ1n) is 9.34. The Bertz CT molecular complexity index is 1190. The van der Waals surface area contributed by atoms with Gasteiger partial charge >= 0.3 is 5.69 Å². The molecular formula is C20H21N5O3. The van der Waals surface area contributed by atoms with Crippen molar-refractivity contribution in [1.82, 2.24) is 24.5 Å². The van der Waals surface area contributed by atoms with Crippen molar-refractivity contribution in [2.75, 3.05) is 20.3 Å². The monoisotopic (exact) mass is 379 g/mol. The molecule has 0 bridgehead atoms. The van der Waals surface area contributed by atoms with Crippen molar-refractivity contribution in [3.8, 4) is 11.1 Å². The van der Waals surface area contributed by atoms with Gasteiger partial charge in [-0.05, 0) is 24.6 Å². The minimum Gasteiger partial charge on any atom is -0.379 e. The molecule has 4 aromatic rings. The molecule has 144 valence electrons. The van der Waals surface area contributed by atoms with Crippen molar-refractivity contribution in [2.24, 2.45) is 5.92 Å². The molecule has 1 fully saturated rings. The molecule has 5 rings (SSSR count). The Morgan fingerprint density at radius 1 is 1.21 bits per heavy atom. The summed E-state index contributed by atoms with van der Waals surface area (Å²) >= 11 is 0. The predicted molar refractivity (Wildman–Crippen MR) is 105 cm³/mol. The van der Waals surface area contributed by atoms with Gasteiger partial charge in [-0.3, -0.25) is 9.55 Å². The van der Waals surface area contributed by atoms with E-state index in [0.717, 1.165) is 34.1 Å². The van der Waals surface area contributed by atoms with E-state index in [4.69, 9.17) is 9.47 Å². The number of H-pyrrole nitrogens is 2. The molecule has 0 amide bonds. The third kappa shape index (κ3) is 3.00. The molecule has 4 aromatic heterocycles. The van der Waals surface area contributed by atoms with E-state index in [1.165, 1.54) is 0 Å². The number of fused-ring (bicyclic) bond motifs is 2. The van der Waals surface area contributed by atoms with Crippen molar-refractivity contribution in [2.45, 2.75) is 19.1 Å². The Labute approximate surface area is 160 Å².